The van der Waals surface area contributed by atoms with Crippen molar-refractivity contribution in [1.29, 1.82) is 0 Å². The minimum atomic E-state index is 0.601. The number of aromatic nitrogens is 4. The molecule has 0 saturated heterocycles. The Labute approximate surface area is 78.8 Å². The highest BCUT2D eigenvalue weighted by Crippen LogP contribution is 2.19. The maximum atomic E-state index is 5.12. The van der Waals surface area contributed by atoms with Gasteiger partial charge in [0.1, 0.15) is 10.3 Å². The van der Waals surface area contributed by atoms with Crippen LogP contribution in [0.25, 0.3) is 11.0 Å². The van der Waals surface area contributed by atoms with Crippen LogP contribution in [-0.2, 0) is 6.54 Å². The molecule has 0 spiro atoms. The van der Waals surface area contributed by atoms with Gasteiger partial charge >= 0.3 is 0 Å². The molecule has 3 rings (SSSR count). The SMILES string of the molecule is S=c1nc2n(c3[nH]ncc13)CCN2. The molecule has 0 bridgehead atoms. The average molecular weight is 193 g/mol. The van der Waals surface area contributed by atoms with Crippen LogP contribution in [0.2, 0.25) is 0 Å². The normalized spacial score (nSPS) is 14.5. The van der Waals surface area contributed by atoms with Crippen molar-refractivity contribution in [2.75, 3.05) is 11.9 Å². The van der Waals surface area contributed by atoms with E-state index in [1.807, 2.05) is 0 Å². The van der Waals surface area contributed by atoms with E-state index < -0.39 is 0 Å². The summed E-state index contributed by atoms with van der Waals surface area (Å²) < 4.78 is 2.66. The van der Waals surface area contributed by atoms with Gasteiger partial charge in [0.25, 0.3) is 0 Å². The van der Waals surface area contributed by atoms with E-state index in [2.05, 4.69) is 25.1 Å². The number of hydrogen-bond acceptors (Lipinski definition) is 4. The molecule has 3 heterocycles. The third-order valence-corrected chi connectivity index (χ3v) is 2.51. The first-order valence-corrected chi connectivity index (χ1v) is 4.45. The molecule has 0 radical (unpaired) electrons. The van der Waals surface area contributed by atoms with Crippen molar-refractivity contribution in [2.45, 2.75) is 6.54 Å². The summed E-state index contributed by atoms with van der Waals surface area (Å²) in [4.78, 5) is 4.26. The highest BCUT2D eigenvalue weighted by atomic mass is 32.1. The number of anilines is 1. The molecule has 2 aromatic rings. The minimum absolute atomic E-state index is 0.601. The van der Waals surface area contributed by atoms with Crippen LogP contribution in [0.3, 0.4) is 0 Å². The summed E-state index contributed by atoms with van der Waals surface area (Å²) in [6.07, 6.45) is 1.72. The van der Waals surface area contributed by atoms with Crippen LogP contribution >= 0.6 is 12.2 Å². The van der Waals surface area contributed by atoms with Crippen molar-refractivity contribution in [1.82, 2.24) is 19.7 Å². The summed E-state index contributed by atoms with van der Waals surface area (Å²) in [7, 11) is 0. The van der Waals surface area contributed by atoms with Crippen molar-refractivity contribution in [3.8, 4) is 0 Å². The standard InChI is InChI=1S/C7H7N5S/c13-6-4-3-9-11-5(4)12-2-1-8-7(12)10-6/h3H,1-2H2,(H,9,11)(H,8,10,13). The van der Waals surface area contributed by atoms with Crippen molar-refractivity contribution in [3.63, 3.8) is 0 Å². The van der Waals surface area contributed by atoms with E-state index in [9.17, 15) is 0 Å². The number of nitrogens with zero attached hydrogens (tertiary/aromatic N) is 3. The van der Waals surface area contributed by atoms with Gasteiger partial charge < -0.3 is 5.32 Å². The molecule has 6 heteroatoms. The number of fused-ring (bicyclic) bond motifs is 3. The molecule has 0 unspecified atom stereocenters. The van der Waals surface area contributed by atoms with Crippen molar-refractivity contribution in [3.05, 3.63) is 10.8 Å². The van der Waals surface area contributed by atoms with Gasteiger partial charge in [-0.15, -0.1) is 0 Å². The fraction of sp³-hybridized carbons (Fsp3) is 0.286. The highest BCUT2D eigenvalue weighted by molar-refractivity contribution is 7.71. The Balaban J connectivity index is 2.55. The first-order chi connectivity index (χ1) is 6.36. The zero-order valence-electron chi connectivity index (χ0n) is 6.74. The van der Waals surface area contributed by atoms with Crippen molar-refractivity contribution >= 4 is 29.2 Å². The Morgan fingerprint density at radius 1 is 1.54 bits per heavy atom. The molecule has 66 valence electrons. The molecule has 2 N–H and O–H groups in total. The number of nitrogens with one attached hydrogen (secondary N) is 2. The average Bonchev–Trinajstić information content (AvgIpc) is 2.66. The number of hydrogen-bond donors (Lipinski definition) is 2. The molecule has 5 nitrogen and oxygen atoms in total. The molecule has 0 amide bonds. The molecule has 0 saturated carbocycles. The lowest BCUT2D eigenvalue weighted by atomic mass is 10.4. The van der Waals surface area contributed by atoms with Crippen LogP contribution in [0.15, 0.2) is 6.20 Å². The summed E-state index contributed by atoms with van der Waals surface area (Å²) in [6, 6.07) is 0. The summed E-state index contributed by atoms with van der Waals surface area (Å²) in [5.41, 5.74) is 0.958. The lowest BCUT2D eigenvalue weighted by Gasteiger charge is -2.02. The summed E-state index contributed by atoms with van der Waals surface area (Å²) in [6.45, 7) is 1.82. The van der Waals surface area contributed by atoms with E-state index in [0.717, 1.165) is 30.1 Å². The number of rotatable bonds is 0. The molecule has 0 atom stereocenters. The lowest BCUT2D eigenvalue weighted by Crippen LogP contribution is -1.98. The smallest absolute Gasteiger partial charge is 0.205 e. The number of H-pyrrole nitrogens is 1. The van der Waals surface area contributed by atoms with Gasteiger partial charge in [0.15, 0.2) is 0 Å². The first-order valence-electron chi connectivity index (χ1n) is 4.04. The van der Waals surface area contributed by atoms with Gasteiger partial charge in [0, 0.05) is 13.1 Å². The van der Waals surface area contributed by atoms with Gasteiger partial charge in [0.2, 0.25) is 5.95 Å². The quantitative estimate of drug-likeness (QED) is 0.611. The van der Waals surface area contributed by atoms with Crippen LogP contribution in [0.4, 0.5) is 5.95 Å². The maximum absolute atomic E-state index is 5.12. The first kappa shape index (κ1) is 7.02. The summed E-state index contributed by atoms with van der Waals surface area (Å²) in [5.74, 6) is 0.835. The van der Waals surface area contributed by atoms with Gasteiger partial charge in [0.05, 0.1) is 11.6 Å². The zero-order valence-corrected chi connectivity index (χ0v) is 7.56. The predicted octanol–water partition coefficient (Wildman–Crippen LogP) is 0.914. The minimum Gasteiger partial charge on any atom is -0.354 e. The molecule has 0 fully saturated rings. The molecule has 13 heavy (non-hydrogen) atoms. The second kappa shape index (κ2) is 2.29. The zero-order chi connectivity index (χ0) is 8.84. The van der Waals surface area contributed by atoms with Crippen LogP contribution in [0.5, 0.6) is 0 Å². The fourth-order valence-electron chi connectivity index (χ4n) is 1.60. The Morgan fingerprint density at radius 2 is 2.46 bits per heavy atom. The second-order valence-corrected chi connectivity index (χ2v) is 3.34. The third kappa shape index (κ3) is 0.831. The van der Waals surface area contributed by atoms with E-state index in [4.69, 9.17) is 12.2 Å². The van der Waals surface area contributed by atoms with Gasteiger partial charge in [-0.05, 0) is 0 Å². The van der Waals surface area contributed by atoms with Crippen molar-refractivity contribution in [2.24, 2.45) is 0 Å². The van der Waals surface area contributed by atoms with Crippen LogP contribution in [0, 0.1) is 4.64 Å². The molecule has 1 aliphatic heterocycles. The largest absolute Gasteiger partial charge is 0.354 e. The van der Waals surface area contributed by atoms with Gasteiger partial charge in [-0.3, -0.25) is 9.67 Å². The maximum Gasteiger partial charge on any atom is 0.205 e. The molecular weight excluding hydrogens is 186 g/mol. The third-order valence-electron chi connectivity index (χ3n) is 2.20. The van der Waals surface area contributed by atoms with E-state index >= 15 is 0 Å². The Bertz CT molecular complexity index is 525. The van der Waals surface area contributed by atoms with E-state index in [-0.39, 0.29) is 0 Å². The lowest BCUT2D eigenvalue weighted by molar-refractivity contribution is 0.809. The van der Waals surface area contributed by atoms with Crippen LogP contribution < -0.4 is 5.32 Å². The van der Waals surface area contributed by atoms with Gasteiger partial charge in [-0.2, -0.15) is 5.10 Å². The van der Waals surface area contributed by atoms with E-state index in [1.165, 1.54) is 0 Å². The molecule has 0 aromatic carbocycles. The Hall–Kier alpha value is -1.43. The fourth-order valence-corrected chi connectivity index (χ4v) is 1.83. The summed E-state index contributed by atoms with van der Waals surface area (Å²) in [5, 5.41) is 11.0. The van der Waals surface area contributed by atoms with E-state index in [1.54, 1.807) is 6.20 Å². The molecule has 2 aromatic heterocycles. The molecule has 1 aliphatic rings. The molecular formula is C7H7N5S. The number of aromatic amines is 1. The Kier molecular flexibility index (Phi) is 1.24. The van der Waals surface area contributed by atoms with Crippen LogP contribution in [-0.4, -0.2) is 26.3 Å². The van der Waals surface area contributed by atoms with Gasteiger partial charge in [-0.25, -0.2) is 4.98 Å². The van der Waals surface area contributed by atoms with E-state index in [0.29, 0.717) is 4.64 Å². The highest BCUT2D eigenvalue weighted by Gasteiger charge is 2.14. The van der Waals surface area contributed by atoms with Crippen LogP contribution in [0.1, 0.15) is 0 Å². The molecule has 0 aliphatic carbocycles. The van der Waals surface area contributed by atoms with Crippen molar-refractivity contribution < 1.29 is 0 Å². The van der Waals surface area contributed by atoms with Gasteiger partial charge in [-0.1, -0.05) is 12.2 Å². The Morgan fingerprint density at radius 3 is 3.38 bits per heavy atom. The second-order valence-electron chi connectivity index (χ2n) is 2.95. The predicted molar refractivity (Wildman–Crippen MR) is 51.2 cm³/mol. The monoisotopic (exact) mass is 193 g/mol. The summed E-state index contributed by atoms with van der Waals surface area (Å²) >= 11 is 5.12. The topological polar surface area (TPSA) is 58.5 Å².